The Balaban J connectivity index is 2.97. The first-order valence-corrected chi connectivity index (χ1v) is 8.47. The summed E-state index contributed by atoms with van der Waals surface area (Å²) in [6.07, 6.45) is 0. The minimum atomic E-state index is -3.78. The molecule has 0 aliphatic heterocycles. The molecule has 1 aromatic heterocycles. The van der Waals surface area contributed by atoms with E-state index in [9.17, 15) is 13.2 Å². The zero-order chi connectivity index (χ0) is 14.5. The maximum absolute atomic E-state index is 12.2. The molecule has 7 nitrogen and oxygen atoms in total. The van der Waals surface area contributed by atoms with Crippen molar-refractivity contribution in [2.45, 2.75) is 11.3 Å². The van der Waals surface area contributed by atoms with Gasteiger partial charge in [0.1, 0.15) is 0 Å². The highest BCUT2D eigenvalue weighted by Crippen LogP contribution is 2.23. The van der Waals surface area contributed by atoms with Crippen molar-refractivity contribution in [1.82, 2.24) is 14.5 Å². The number of amides is 1. The number of alkyl halides is 2. The Bertz CT molecular complexity index is 528. The van der Waals surface area contributed by atoms with Gasteiger partial charge in [0.2, 0.25) is 15.4 Å². The lowest BCUT2D eigenvalue weighted by molar-refractivity contribution is -0.114. The molecule has 0 atom stereocenters. The SMILES string of the molecule is CC(=O)Nc1nnc(S(=O)(=O)N(CCCl)CCCl)s1. The van der Waals surface area contributed by atoms with Crippen LogP contribution in [0.4, 0.5) is 5.13 Å². The van der Waals surface area contributed by atoms with E-state index in [0.29, 0.717) is 0 Å². The zero-order valence-electron chi connectivity index (χ0n) is 9.97. The maximum Gasteiger partial charge on any atom is 0.272 e. The van der Waals surface area contributed by atoms with Crippen molar-refractivity contribution >= 4 is 55.6 Å². The summed E-state index contributed by atoms with van der Waals surface area (Å²) in [5.41, 5.74) is 0. The first kappa shape index (κ1) is 16.6. The molecule has 0 saturated carbocycles. The van der Waals surface area contributed by atoms with Crippen molar-refractivity contribution in [3.8, 4) is 0 Å². The highest BCUT2D eigenvalue weighted by molar-refractivity contribution is 7.91. The molecule has 0 aromatic carbocycles. The number of carbonyl (C=O) groups is 1. The first-order valence-electron chi connectivity index (χ1n) is 5.15. The van der Waals surface area contributed by atoms with E-state index in [2.05, 4.69) is 15.5 Å². The first-order chi connectivity index (χ1) is 8.91. The van der Waals surface area contributed by atoms with Crippen molar-refractivity contribution in [2.75, 3.05) is 30.2 Å². The molecule has 0 aliphatic rings. The molecule has 19 heavy (non-hydrogen) atoms. The van der Waals surface area contributed by atoms with Gasteiger partial charge in [-0.15, -0.1) is 33.4 Å². The predicted molar refractivity (Wildman–Crippen MR) is 74.4 cm³/mol. The molecule has 1 amide bonds. The third-order valence-electron chi connectivity index (χ3n) is 1.92. The van der Waals surface area contributed by atoms with Crippen LogP contribution >= 0.6 is 34.5 Å². The van der Waals surface area contributed by atoms with E-state index < -0.39 is 10.0 Å². The Morgan fingerprint density at radius 1 is 1.32 bits per heavy atom. The van der Waals surface area contributed by atoms with Gasteiger partial charge in [0.05, 0.1) is 0 Å². The summed E-state index contributed by atoms with van der Waals surface area (Å²) in [6, 6.07) is 0. The van der Waals surface area contributed by atoms with Crippen LogP contribution in [0, 0.1) is 0 Å². The van der Waals surface area contributed by atoms with Gasteiger partial charge in [0, 0.05) is 31.8 Å². The molecular weight excluding hydrogens is 335 g/mol. The maximum atomic E-state index is 12.2. The second-order valence-corrected chi connectivity index (χ2v) is 7.18. The standard InChI is InChI=1S/C8H12Cl2N4O3S2/c1-6(15)11-7-12-13-8(18-7)19(16,17)14(4-2-9)5-3-10/h2-5H2,1H3,(H,11,12,15). The number of hydrogen-bond donors (Lipinski definition) is 1. The van der Waals surface area contributed by atoms with E-state index in [4.69, 9.17) is 23.2 Å². The Hall–Kier alpha value is -0.480. The van der Waals surface area contributed by atoms with E-state index in [1.54, 1.807) is 0 Å². The highest BCUT2D eigenvalue weighted by atomic mass is 35.5. The van der Waals surface area contributed by atoms with Crippen LogP contribution in [0.1, 0.15) is 6.92 Å². The fraction of sp³-hybridized carbons (Fsp3) is 0.625. The lowest BCUT2D eigenvalue weighted by atomic mass is 10.7. The van der Waals surface area contributed by atoms with Crippen LogP contribution in [0.2, 0.25) is 0 Å². The van der Waals surface area contributed by atoms with Gasteiger partial charge in [0.25, 0.3) is 10.0 Å². The van der Waals surface area contributed by atoms with Crippen molar-refractivity contribution in [2.24, 2.45) is 0 Å². The second kappa shape index (κ2) is 7.34. The Labute approximate surface area is 125 Å². The number of hydrogen-bond acceptors (Lipinski definition) is 6. The summed E-state index contributed by atoms with van der Waals surface area (Å²) in [6.45, 7) is 1.56. The molecule has 1 N–H and O–H groups in total. The summed E-state index contributed by atoms with van der Waals surface area (Å²) in [5.74, 6) is -0.0560. The molecule has 0 bridgehead atoms. The van der Waals surface area contributed by atoms with Crippen LogP contribution in [0.3, 0.4) is 0 Å². The number of rotatable bonds is 7. The van der Waals surface area contributed by atoms with Gasteiger partial charge in [0.15, 0.2) is 0 Å². The fourth-order valence-electron chi connectivity index (χ4n) is 1.17. The monoisotopic (exact) mass is 346 g/mol. The minimum Gasteiger partial charge on any atom is -0.301 e. The molecular formula is C8H12Cl2N4O3S2. The summed E-state index contributed by atoms with van der Waals surface area (Å²) < 4.78 is 25.4. The van der Waals surface area contributed by atoms with Gasteiger partial charge in [-0.1, -0.05) is 11.3 Å². The third kappa shape index (κ3) is 4.53. The molecule has 0 fully saturated rings. The topological polar surface area (TPSA) is 92.3 Å². The van der Waals surface area contributed by atoms with Crippen LogP contribution < -0.4 is 5.32 Å². The molecule has 11 heteroatoms. The van der Waals surface area contributed by atoms with Crippen molar-refractivity contribution in [1.29, 1.82) is 0 Å². The van der Waals surface area contributed by atoms with Crippen LogP contribution in [-0.2, 0) is 14.8 Å². The molecule has 0 saturated heterocycles. The summed E-state index contributed by atoms with van der Waals surface area (Å²) >= 11 is 11.9. The van der Waals surface area contributed by atoms with E-state index in [1.807, 2.05) is 0 Å². The number of aromatic nitrogens is 2. The molecule has 1 aromatic rings. The molecule has 108 valence electrons. The third-order valence-corrected chi connectivity index (χ3v) is 5.34. The van der Waals surface area contributed by atoms with Crippen LogP contribution in [-0.4, -0.2) is 53.7 Å². The minimum absolute atomic E-state index is 0.128. The normalized spacial score (nSPS) is 11.8. The van der Waals surface area contributed by atoms with E-state index >= 15 is 0 Å². The smallest absolute Gasteiger partial charge is 0.272 e. The Morgan fingerprint density at radius 3 is 2.37 bits per heavy atom. The second-order valence-electron chi connectivity index (χ2n) is 3.34. The largest absolute Gasteiger partial charge is 0.301 e. The average molecular weight is 347 g/mol. The summed E-state index contributed by atoms with van der Waals surface area (Å²) in [5, 5.41) is 9.65. The van der Waals surface area contributed by atoms with Crippen molar-refractivity contribution in [3.63, 3.8) is 0 Å². The van der Waals surface area contributed by atoms with Gasteiger partial charge in [-0.2, -0.15) is 4.31 Å². The quantitative estimate of drug-likeness (QED) is 0.586. The van der Waals surface area contributed by atoms with Gasteiger partial charge in [-0.3, -0.25) is 4.79 Å². The number of halogens is 2. The lowest BCUT2D eigenvalue weighted by Crippen LogP contribution is -2.34. The molecule has 0 spiro atoms. The predicted octanol–water partition coefficient (Wildman–Crippen LogP) is 0.965. The molecule has 1 rings (SSSR count). The van der Waals surface area contributed by atoms with Crippen LogP contribution in [0.5, 0.6) is 0 Å². The lowest BCUT2D eigenvalue weighted by Gasteiger charge is -2.17. The van der Waals surface area contributed by atoms with Gasteiger partial charge in [-0.05, 0) is 0 Å². The molecule has 0 aliphatic carbocycles. The fourth-order valence-corrected chi connectivity index (χ4v) is 4.30. The van der Waals surface area contributed by atoms with E-state index in [0.717, 1.165) is 15.6 Å². The molecule has 1 heterocycles. The number of anilines is 1. The zero-order valence-corrected chi connectivity index (χ0v) is 13.1. The van der Waals surface area contributed by atoms with Crippen LogP contribution in [0.15, 0.2) is 4.34 Å². The van der Waals surface area contributed by atoms with Crippen LogP contribution in [0.25, 0.3) is 0 Å². The highest BCUT2D eigenvalue weighted by Gasteiger charge is 2.28. The average Bonchev–Trinajstić information content (AvgIpc) is 2.77. The number of sulfonamides is 1. The Kier molecular flexibility index (Phi) is 6.40. The summed E-state index contributed by atoms with van der Waals surface area (Å²) in [7, 11) is -3.78. The van der Waals surface area contributed by atoms with Gasteiger partial charge < -0.3 is 5.32 Å². The van der Waals surface area contributed by atoms with E-state index in [1.165, 1.54) is 6.92 Å². The van der Waals surface area contributed by atoms with Crippen molar-refractivity contribution in [3.05, 3.63) is 0 Å². The summed E-state index contributed by atoms with van der Waals surface area (Å²) in [4.78, 5) is 10.8. The van der Waals surface area contributed by atoms with E-state index in [-0.39, 0.29) is 40.2 Å². The van der Waals surface area contributed by atoms with Crippen molar-refractivity contribution < 1.29 is 13.2 Å². The molecule has 0 radical (unpaired) electrons. The van der Waals surface area contributed by atoms with Gasteiger partial charge >= 0.3 is 0 Å². The van der Waals surface area contributed by atoms with Gasteiger partial charge in [-0.25, -0.2) is 8.42 Å². The number of nitrogens with one attached hydrogen (secondary N) is 1. The molecule has 0 unspecified atom stereocenters. The Morgan fingerprint density at radius 2 is 1.89 bits per heavy atom. The number of carbonyl (C=O) groups excluding carboxylic acids is 1. The number of nitrogens with zero attached hydrogens (tertiary/aromatic N) is 3.